The van der Waals surface area contributed by atoms with E-state index < -0.39 is 5.97 Å². The van der Waals surface area contributed by atoms with Crippen molar-refractivity contribution < 1.29 is 23.8 Å². The minimum Gasteiger partial charge on any atom is -0.497 e. The van der Waals surface area contributed by atoms with E-state index in [-0.39, 0.29) is 34.9 Å². The molecule has 4 nitrogen and oxygen atoms in total. The lowest BCUT2D eigenvalue weighted by Gasteiger charge is -2.45. The number of methoxy groups -OCH3 is 1. The predicted molar refractivity (Wildman–Crippen MR) is 166 cm³/mol. The van der Waals surface area contributed by atoms with E-state index in [1.165, 1.54) is 18.9 Å². The van der Waals surface area contributed by atoms with Crippen LogP contribution in [0.2, 0.25) is 0 Å². The summed E-state index contributed by atoms with van der Waals surface area (Å²) >= 11 is 0. The summed E-state index contributed by atoms with van der Waals surface area (Å²) in [7, 11) is 1.61. The Morgan fingerprint density at radius 3 is 2.36 bits per heavy atom. The predicted octanol–water partition coefficient (Wildman–Crippen LogP) is 9.76. The van der Waals surface area contributed by atoms with E-state index in [1.807, 2.05) is 36.4 Å². The Morgan fingerprint density at radius 1 is 0.952 bits per heavy atom. The zero-order valence-corrected chi connectivity index (χ0v) is 25.7. The van der Waals surface area contributed by atoms with Gasteiger partial charge in [0.25, 0.3) is 0 Å². The first-order chi connectivity index (χ1) is 19.9. The van der Waals surface area contributed by atoms with Crippen LogP contribution in [0.5, 0.6) is 11.5 Å². The first-order valence-electron chi connectivity index (χ1n) is 15.3. The fourth-order valence-electron chi connectivity index (χ4n) is 7.52. The van der Waals surface area contributed by atoms with E-state index in [2.05, 4.69) is 33.8 Å². The summed E-state index contributed by atoms with van der Waals surface area (Å²) in [5.41, 5.74) is 5.04. The summed E-state index contributed by atoms with van der Waals surface area (Å²) in [5.74, 6) is 1.28. The number of hydrogen-bond donors (Lipinski definition) is 1. The first-order valence-corrected chi connectivity index (χ1v) is 15.3. The smallest absolute Gasteiger partial charge is 0.303 e. The molecular weight excluding hydrogens is 527 g/mol. The van der Waals surface area contributed by atoms with E-state index in [1.54, 1.807) is 19.2 Å². The SMILES string of the molecule is COc1ccc(F)c(-c2ccc(COc3cccc([C@@H](CC(=O)O)CC4CC4)c3)cc2C2CC(C)(C)CC(C)(C)C2)c1. The van der Waals surface area contributed by atoms with Crippen molar-refractivity contribution in [3.05, 3.63) is 83.2 Å². The van der Waals surface area contributed by atoms with Crippen LogP contribution in [0.15, 0.2) is 60.7 Å². The molecule has 0 saturated heterocycles. The maximum absolute atomic E-state index is 15.3. The summed E-state index contributed by atoms with van der Waals surface area (Å²) in [4.78, 5) is 11.5. The number of halogens is 1. The van der Waals surface area contributed by atoms with Crippen LogP contribution in [0.25, 0.3) is 11.1 Å². The molecule has 5 heteroatoms. The van der Waals surface area contributed by atoms with Crippen LogP contribution < -0.4 is 9.47 Å². The maximum Gasteiger partial charge on any atom is 0.303 e. The number of carboxylic acids is 1. The monoisotopic (exact) mass is 572 g/mol. The lowest BCUT2D eigenvalue weighted by Crippen LogP contribution is -2.33. The molecule has 2 aliphatic carbocycles. The van der Waals surface area contributed by atoms with Crippen LogP contribution >= 0.6 is 0 Å². The number of ether oxygens (including phenoxy) is 2. The van der Waals surface area contributed by atoms with Crippen molar-refractivity contribution in [1.82, 2.24) is 0 Å². The maximum atomic E-state index is 15.3. The molecule has 0 aromatic heterocycles. The standard InChI is InChI=1S/C37H45FO4/c1-36(2)20-28(21-37(3,4)23-36)32-16-25(11-13-31(32)33-19-29(41-5)12-14-34(33)38)22-42-30-8-6-7-26(17-30)27(18-35(39)40)15-24-9-10-24/h6-8,11-14,16-17,19,24,27-28H,9-10,15,18,20-23H2,1-5H3,(H,39,40)/t27-/m1/s1. The Labute approximate surface area is 250 Å². The van der Waals surface area contributed by atoms with Crippen molar-refractivity contribution >= 4 is 5.97 Å². The van der Waals surface area contributed by atoms with Gasteiger partial charge in [0.05, 0.1) is 13.5 Å². The molecule has 5 rings (SSSR count). The molecule has 42 heavy (non-hydrogen) atoms. The minimum absolute atomic E-state index is 0.000191. The van der Waals surface area contributed by atoms with Gasteiger partial charge in [0.2, 0.25) is 0 Å². The second-order valence-corrected chi connectivity index (χ2v) is 14.2. The normalized spacial score (nSPS) is 18.8. The van der Waals surface area contributed by atoms with Gasteiger partial charge < -0.3 is 14.6 Å². The van der Waals surface area contributed by atoms with Crippen molar-refractivity contribution in [3.63, 3.8) is 0 Å². The summed E-state index contributed by atoms with van der Waals surface area (Å²) in [6.07, 6.45) is 6.66. The van der Waals surface area contributed by atoms with Crippen molar-refractivity contribution in [3.8, 4) is 22.6 Å². The molecule has 1 N–H and O–H groups in total. The Hall–Kier alpha value is -3.34. The van der Waals surface area contributed by atoms with Gasteiger partial charge in [-0.15, -0.1) is 0 Å². The topological polar surface area (TPSA) is 55.8 Å². The highest BCUT2D eigenvalue weighted by molar-refractivity contribution is 5.71. The number of benzene rings is 3. The highest BCUT2D eigenvalue weighted by Gasteiger charge is 2.40. The molecule has 3 aromatic carbocycles. The van der Waals surface area contributed by atoms with E-state index in [0.29, 0.717) is 23.8 Å². The zero-order valence-electron chi connectivity index (χ0n) is 25.7. The largest absolute Gasteiger partial charge is 0.497 e. The Kier molecular flexibility index (Phi) is 8.68. The van der Waals surface area contributed by atoms with Gasteiger partial charge in [0.1, 0.15) is 23.9 Å². The van der Waals surface area contributed by atoms with E-state index >= 15 is 4.39 Å². The van der Waals surface area contributed by atoms with Gasteiger partial charge in [-0.25, -0.2) is 4.39 Å². The molecule has 0 aliphatic heterocycles. The second kappa shape index (κ2) is 12.1. The Morgan fingerprint density at radius 2 is 1.69 bits per heavy atom. The third-order valence-corrected chi connectivity index (χ3v) is 9.05. The summed E-state index contributed by atoms with van der Waals surface area (Å²) in [6, 6.07) is 19.1. The number of rotatable bonds is 11. The molecule has 0 heterocycles. The van der Waals surface area contributed by atoms with Crippen molar-refractivity contribution in [2.45, 2.75) is 91.1 Å². The van der Waals surface area contributed by atoms with Crippen LogP contribution in [0.4, 0.5) is 4.39 Å². The van der Waals surface area contributed by atoms with Crippen molar-refractivity contribution in [1.29, 1.82) is 0 Å². The molecule has 2 fully saturated rings. The minimum atomic E-state index is -0.763. The van der Waals surface area contributed by atoms with Crippen molar-refractivity contribution in [2.24, 2.45) is 16.7 Å². The molecule has 2 aliphatic rings. The first kappa shape index (κ1) is 30.1. The van der Waals surface area contributed by atoms with E-state index in [9.17, 15) is 9.90 Å². The van der Waals surface area contributed by atoms with Gasteiger partial charge in [-0.05, 0) is 107 Å². The van der Waals surface area contributed by atoms with Gasteiger partial charge >= 0.3 is 5.97 Å². The number of hydrogen-bond acceptors (Lipinski definition) is 3. The molecule has 0 bridgehead atoms. The lowest BCUT2D eigenvalue weighted by molar-refractivity contribution is -0.137. The third kappa shape index (κ3) is 7.53. The number of carboxylic acid groups (broad SMARTS) is 1. The molecular formula is C37H45FO4. The Bertz CT molecular complexity index is 1410. The fraction of sp³-hybridized carbons (Fsp3) is 0.486. The summed E-state index contributed by atoms with van der Waals surface area (Å²) in [5, 5.41) is 9.49. The molecule has 1 atom stereocenters. The van der Waals surface area contributed by atoms with Gasteiger partial charge in [0, 0.05) is 5.56 Å². The lowest BCUT2D eigenvalue weighted by atomic mass is 9.59. The summed E-state index contributed by atoms with van der Waals surface area (Å²) < 4.78 is 27.0. The zero-order chi connectivity index (χ0) is 30.1. The summed E-state index contributed by atoms with van der Waals surface area (Å²) in [6.45, 7) is 9.74. The fourth-order valence-corrected chi connectivity index (χ4v) is 7.52. The quantitative estimate of drug-likeness (QED) is 0.248. The second-order valence-electron chi connectivity index (χ2n) is 14.2. The highest BCUT2D eigenvalue weighted by Crippen LogP contribution is 2.53. The number of aliphatic carboxylic acids is 1. The van der Waals surface area contributed by atoms with Crippen molar-refractivity contribution in [2.75, 3.05) is 7.11 Å². The molecule has 0 amide bonds. The van der Waals surface area contributed by atoms with Crippen LogP contribution in [-0.2, 0) is 11.4 Å². The van der Waals surface area contributed by atoms with Crippen LogP contribution in [0.3, 0.4) is 0 Å². The van der Waals surface area contributed by atoms with E-state index in [4.69, 9.17) is 9.47 Å². The molecule has 2 saturated carbocycles. The molecule has 224 valence electrons. The molecule has 0 spiro atoms. The number of carbonyl (C=O) groups is 1. The third-order valence-electron chi connectivity index (χ3n) is 9.05. The van der Waals surface area contributed by atoms with Gasteiger partial charge in [-0.2, -0.15) is 0 Å². The molecule has 0 unspecified atom stereocenters. The van der Waals surface area contributed by atoms with Crippen LogP contribution in [-0.4, -0.2) is 18.2 Å². The van der Waals surface area contributed by atoms with Crippen LogP contribution in [0, 0.1) is 22.6 Å². The van der Waals surface area contributed by atoms with Gasteiger partial charge in [-0.3, -0.25) is 4.79 Å². The van der Waals surface area contributed by atoms with Gasteiger partial charge in [0.15, 0.2) is 0 Å². The highest BCUT2D eigenvalue weighted by atomic mass is 19.1. The average Bonchev–Trinajstić information content (AvgIpc) is 3.74. The van der Waals surface area contributed by atoms with E-state index in [0.717, 1.165) is 53.7 Å². The average molecular weight is 573 g/mol. The van der Waals surface area contributed by atoms with Gasteiger partial charge in [-0.1, -0.05) is 70.9 Å². The Balaban J connectivity index is 1.44. The molecule has 0 radical (unpaired) electrons. The molecule has 3 aromatic rings. The van der Waals surface area contributed by atoms with Crippen LogP contribution in [0.1, 0.15) is 101 Å².